The maximum atomic E-state index is 10.7. The summed E-state index contributed by atoms with van der Waals surface area (Å²) >= 11 is 0. The van der Waals surface area contributed by atoms with Gasteiger partial charge in [-0.1, -0.05) is 24.3 Å². The number of benzene rings is 1. The Bertz CT molecular complexity index is 381. The first-order valence-electron chi connectivity index (χ1n) is 6.11. The quantitative estimate of drug-likeness (QED) is 0.869. The van der Waals surface area contributed by atoms with Crippen molar-refractivity contribution >= 4 is 5.97 Å². The molecule has 0 aromatic heterocycles. The van der Waals surface area contributed by atoms with E-state index in [1.807, 2.05) is 18.2 Å². The zero-order valence-electron chi connectivity index (χ0n) is 9.89. The lowest BCUT2D eigenvalue weighted by molar-refractivity contribution is -0.136. The summed E-state index contributed by atoms with van der Waals surface area (Å²) in [7, 11) is 0. The van der Waals surface area contributed by atoms with Gasteiger partial charge in [-0.3, -0.25) is 4.79 Å². The maximum absolute atomic E-state index is 10.7. The van der Waals surface area contributed by atoms with Gasteiger partial charge in [-0.25, -0.2) is 0 Å². The molecule has 3 nitrogen and oxygen atoms in total. The summed E-state index contributed by atoms with van der Waals surface area (Å²) in [5.41, 5.74) is 2.10. The molecule has 1 aliphatic rings. The second-order valence-corrected chi connectivity index (χ2v) is 4.68. The van der Waals surface area contributed by atoms with Crippen molar-refractivity contribution in [3.8, 4) is 0 Å². The van der Waals surface area contributed by atoms with Gasteiger partial charge in [-0.2, -0.15) is 0 Å². The topological polar surface area (TPSA) is 46.5 Å². The lowest BCUT2D eigenvalue weighted by Gasteiger charge is -2.22. The van der Waals surface area contributed by atoms with Crippen LogP contribution in [0.5, 0.6) is 0 Å². The molecule has 17 heavy (non-hydrogen) atoms. The van der Waals surface area contributed by atoms with E-state index >= 15 is 0 Å². The minimum atomic E-state index is -0.775. The Morgan fingerprint density at radius 3 is 2.94 bits per heavy atom. The monoisotopic (exact) mass is 234 g/mol. The number of hydrogen-bond acceptors (Lipinski definition) is 2. The Balaban J connectivity index is 1.97. The van der Waals surface area contributed by atoms with Crippen molar-refractivity contribution in [2.24, 2.45) is 5.92 Å². The number of ether oxygens (including phenoxy) is 1. The Labute approximate surface area is 101 Å². The molecule has 1 unspecified atom stereocenters. The number of carboxylic acid groups (broad SMARTS) is 1. The smallest absolute Gasteiger partial charge is 0.307 e. The fraction of sp³-hybridized carbons (Fsp3) is 0.500. The Morgan fingerprint density at radius 2 is 2.24 bits per heavy atom. The molecule has 3 heteroatoms. The molecule has 0 radical (unpaired) electrons. The third-order valence-corrected chi connectivity index (χ3v) is 3.13. The second kappa shape index (κ2) is 5.82. The zero-order chi connectivity index (χ0) is 12.1. The van der Waals surface area contributed by atoms with Crippen LogP contribution in [0.1, 0.15) is 24.0 Å². The number of rotatable bonds is 4. The summed E-state index contributed by atoms with van der Waals surface area (Å²) in [6, 6.07) is 7.88. The molecule has 1 aromatic rings. The summed E-state index contributed by atoms with van der Waals surface area (Å²) in [6.07, 6.45) is 3.45. The first kappa shape index (κ1) is 12.1. The van der Waals surface area contributed by atoms with Crippen LogP contribution < -0.4 is 0 Å². The third kappa shape index (κ3) is 3.86. The molecular weight excluding hydrogens is 216 g/mol. The summed E-state index contributed by atoms with van der Waals surface area (Å²) in [4.78, 5) is 10.7. The number of carbonyl (C=O) groups is 1. The van der Waals surface area contributed by atoms with Gasteiger partial charge in [0, 0.05) is 13.2 Å². The van der Waals surface area contributed by atoms with E-state index in [-0.39, 0.29) is 6.42 Å². The van der Waals surface area contributed by atoms with Gasteiger partial charge >= 0.3 is 5.97 Å². The lowest BCUT2D eigenvalue weighted by Crippen LogP contribution is -2.19. The van der Waals surface area contributed by atoms with Crippen LogP contribution in [0.2, 0.25) is 0 Å². The van der Waals surface area contributed by atoms with E-state index in [1.54, 1.807) is 0 Å². The van der Waals surface area contributed by atoms with Gasteiger partial charge in [0.15, 0.2) is 0 Å². The summed E-state index contributed by atoms with van der Waals surface area (Å²) in [6.45, 7) is 1.72. The van der Waals surface area contributed by atoms with Gasteiger partial charge in [0.2, 0.25) is 0 Å². The molecular formula is C14H18O3. The maximum Gasteiger partial charge on any atom is 0.307 e. The minimum Gasteiger partial charge on any atom is -0.481 e. The molecule has 2 rings (SSSR count). The van der Waals surface area contributed by atoms with Gasteiger partial charge in [0.1, 0.15) is 0 Å². The Kier molecular flexibility index (Phi) is 4.15. The fourth-order valence-electron chi connectivity index (χ4n) is 2.34. The van der Waals surface area contributed by atoms with E-state index in [0.29, 0.717) is 5.92 Å². The molecule has 1 fully saturated rings. The van der Waals surface area contributed by atoms with Gasteiger partial charge < -0.3 is 9.84 Å². The normalized spacial score (nSPS) is 20.1. The largest absolute Gasteiger partial charge is 0.481 e. The van der Waals surface area contributed by atoms with E-state index in [0.717, 1.165) is 31.6 Å². The van der Waals surface area contributed by atoms with E-state index in [1.165, 1.54) is 12.0 Å². The van der Waals surface area contributed by atoms with Gasteiger partial charge in [0.25, 0.3) is 0 Å². The molecule has 0 saturated carbocycles. The highest BCUT2D eigenvalue weighted by Crippen LogP contribution is 2.19. The van der Waals surface area contributed by atoms with Crippen LogP contribution >= 0.6 is 0 Å². The Hall–Kier alpha value is -1.35. The highest BCUT2D eigenvalue weighted by atomic mass is 16.5. The average Bonchev–Trinajstić information content (AvgIpc) is 2.30. The predicted octanol–water partition coefficient (Wildman–Crippen LogP) is 2.28. The van der Waals surface area contributed by atoms with E-state index in [4.69, 9.17) is 9.84 Å². The molecule has 1 saturated heterocycles. The first-order chi connectivity index (χ1) is 8.24. The molecule has 0 aliphatic carbocycles. The minimum absolute atomic E-state index is 0.106. The number of carboxylic acids is 1. The van der Waals surface area contributed by atoms with Crippen molar-refractivity contribution in [2.45, 2.75) is 25.7 Å². The van der Waals surface area contributed by atoms with Crippen LogP contribution in [0.4, 0.5) is 0 Å². The highest BCUT2D eigenvalue weighted by molar-refractivity contribution is 5.70. The van der Waals surface area contributed by atoms with Crippen molar-refractivity contribution in [2.75, 3.05) is 13.2 Å². The van der Waals surface area contributed by atoms with Gasteiger partial charge in [-0.15, -0.1) is 0 Å². The van der Waals surface area contributed by atoms with E-state index < -0.39 is 5.97 Å². The lowest BCUT2D eigenvalue weighted by atomic mass is 9.93. The SMILES string of the molecule is O=C(O)Cc1cccc(CC2CCCOC2)c1. The fourth-order valence-corrected chi connectivity index (χ4v) is 2.34. The summed E-state index contributed by atoms with van der Waals surface area (Å²) < 4.78 is 5.45. The van der Waals surface area contributed by atoms with Crippen molar-refractivity contribution in [3.05, 3.63) is 35.4 Å². The summed E-state index contributed by atoms with van der Waals surface area (Å²) in [5.74, 6) is -0.188. The standard InChI is InChI=1S/C14H18O3/c15-14(16)9-12-4-1-3-11(7-12)8-13-5-2-6-17-10-13/h1,3-4,7,13H,2,5-6,8-10H2,(H,15,16). The first-order valence-corrected chi connectivity index (χ1v) is 6.11. The molecule has 92 valence electrons. The van der Waals surface area contributed by atoms with Crippen LogP contribution in [-0.2, 0) is 22.4 Å². The van der Waals surface area contributed by atoms with Crippen LogP contribution in [0.25, 0.3) is 0 Å². The molecule has 1 heterocycles. The molecule has 1 aliphatic heterocycles. The van der Waals surface area contributed by atoms with Gasteiger partial charge in [0.05, 0.1) is 6.42 Å². The highest BCUT2D eigenvalue weighted by Gasteiger charge is 2.14. The third-order valence-electron chi connectivity index (χ3n) is 3.13. The molecule has 1 aromatic carbocycles. The zero-order valence-corrected chi connectivity index (χ0v) is 9.89. The second-order valence-electron chi connectivity index (χ2n) is 4.68. The van der Waals surface area contributed by atoms with Crippen LogP contribution in [0, 0.1) is 5.92 Å². The van der Waals surface area contributed by atoms with Crippen molar-refractivity contribution in [3.63, 3.8) is 0 Å². The van der Waals surface area contributed by atoms with Gasteiger partial charge in [-0.05, 0) is 36.3 Å². The molecule has 0 spiro atoms. The van der Waals surface area contributed by atoms with Crippen LogP contribution in [-0.4, -0.2) is 24.3 Å². The molecule has 1 atom stereocenters. The van der Waals surface area contributed by atoms with Crippen molar-refractivity contribution < 1.29 is 14.6 Å². The molecule has 1 N–H and O–H groups in total. The van der Waals surface area contributed by atoms with Crippen LogP contribution in [0.15, 0.2) is 24.3 Å². The van der Waals surface area contributed by atoms with Crippen molar-refractivity contribution in [1.82, 2.24) is 0 Å². The van der Waals surface area contributed by atoms with E-state index in [2.05, 4.69) is 6.07 Å². The summed E-state index contributed by atoms with van der Waals surface area (Å²) in [5, 5.41) is 8.76. The predicted molar refractivity (Wildman–Crippen MR) is 65.0 cm³/mol. The van der Waals surface area contributed by atoms with E-state index in [9.17, 15) is 4.79 Å². The molecule has 0 amide bonds. The molecule has 0 bridgehead atoms. The number of hydrogen-bond donors (Lipinski definition) is 1. The average molecular weight is 234 g/mol. The number of aliphatic carboxylic acids is 1. The van der Waals surface area contributed by atoms with Crippen LogP contribution in [0.3, 0.4) is 0 Å². The van der Waals surface area contributed by atoms with Crippen molar-refractivity contribution in [1.29, 1.82) is 0 Å². The Morgan fingerprint density at radius 1 is 1.41 bits per heavy atom.